The van der Waals surface area contributed by atoms with Gasteiger partial charge in [-0.25, -0.2) is 0 Å². The number of ether oxygens (including phenoxy) is 1. The number of carbonyl (C=O) groups is 2. The van der Waals surface area contributed by atoms with E-state index in [-0.39, 0.29) is 18.4 Å². The van der Waals surface area contributed by atoms with Crippen LogP contribution in [0, 0.1) is 0 Å². The Balaban J connectivity index is 1.85. The van der Waals surface area contributed by atoms with Gasteiger partial charge in [0.15, 0.2) is 0 Å². The van der Waals surface area contributed by atoms with Crippen LogP contribution in [0.1, 0.15) is 19.3 Å². The van der Waals surface area contributed by atoms with Crippen molar-refractivity contribution in [2.75, 3.05) is 6.54 Å². The van der Waals surface area contributed by atoms with E-state index in [0.717, 1.165) is 19.4 Å². The summed E-state index contributed by atoms with van der Waals surface area (Å²) in [6.07, 6.45) is 0.604. The monoisotopic (exact) mass is 214 g/mol. The maximum Gasteiger partial charge on any atom is 0.310 e. The number of hydrogen-bond donors (Lipinski definition) is 3. The fraction of sp³-hybridized carbons (Fsp3) is 0.778. The van der Waals surface area contributed by atoms with Gasteiger partial charge in [0.25, 0.3) is 0 Å². The predicted octanol–water partition coefficient (Wildman–Crippen LogP) is -1.51. The second-order valence-electron chi connectivity index (χ2n) is 3.85. The van der Waals surface area contributed by atoms with E-state index in [4.69, 9.17) is 0 Å². The smallest absolute Gasteiger partial charge is 0.310 e. The highest BCUT2D eigenvalue weighted by Gasteiger charge is 2.36. The molecule has 6 nitrogen and oxygen atoms in total. The van der Waals surface area contributed by atoms with Crippen LogP contribution < -0.4 is 10.6 Å². The first-order valence-electron chi connectivity index (χ1n) is 5.08. The van der Waals surface area contributed by atoms with Gasteiger partial charge in [0.05, 0.1) is 12.5 Å². The molecule has 6 heteroatoms. The SMILES string of the molecule is O=C1C[C@H](NC(=O)[C@@H]2CCCN2)[C@H](O)O1. The normalized spacial score (nSPS) is 35.3. The summed E-state index contributed by atoms with van der Waals surface area (Å²) in [5.74, 6) is -0.651. The quantitative estimate of drug-likeness (QED) is 0.486. The van der Waals surface area contributed by atoms with Gasteiger partial charge in [0.1, 0.15) is 6.04 Å². The lowest BCUT2D eigenvalue weighted by atomic mass is 10.2. The van der Waals surface area contributed by atoms with Gasteiger partial charge in [-0.2, -0.15) is 0 Å². The number of nitrogens with one attached hydrogen (secondary N) is 2. The number of rotatable bonds is 2. The Kier molecular flexibility index (Phi) is 2.88. The molecule has 2 saturated heterocycles. The third kappa shape index (κ3) is 2.27. The Morgan fingerprint density at radius 3 is 2.93 bits per heavy atom. The van der Waals surface area contributed by atoms with Crippen molar-refractivity contribution < 1.29 is 19.4 Å². The van der Waals surface area contributed by atoms with E-state index >= 15 is 0 Å². The molecule has 2 rings (SSSR count). The minimum atomic E-state index is -1.21. The number of hydrogen-bond acceptors (Lipinski definition) is 5. The summed E-state index contributed by atoms with van der Waals surface area (Å²) in [6.45, 7) is 0.834. The molecule has 15 heavy (non-hydrogen) atoms. The molecule has 0 aromatic heterocycles. The van der Waals surface area contributed by atoms with Crippen LogP contribution in [0.4, 0.5) is 0 Å². The number of cyclic esters (lactones) is 1. The Bertz CT molecular complexity index is 275. The van der Waals surface area contributed by atoms with E-state index in [2.05, 4.69) is 15.4 Å². The second kappa shape index (κ2) is 4.16. The van der Waals surface area contributed by atoms with Gasteiger partial charge in [0.2, 0.25) is 12.2 Å². The fourth-order valence-electron chi connectivity index (χ4n) is 1.86. The van der Waals surface area contributed by atoms with Gasteiger partial charge in [-0.3, -0.25) is 9.59 Å². The molecule has 84 valence electrons. The van der Waals surface area contributed by atoms with Crippen LogP contribution in [-0.2, 0) is 14.3 Å². The Labute approximate surface area is 87.0 Å². The maximum absolute atomic E-state index is 11.6. The van der Waals surface area contributed by atoms with Crippen molar-refractivity contribution in [3.63, 3.8) is 0 Å². The Hall–Kier alpha value is -1.14. The zero-order chi connectivity index (χ0) is 10.8. The predicted molar refractivity (Wildman–Crippen MR) is 49.7 cm³/mol. The molecule has 0 saturated carbocycles. The van der Waals surface area contributed by atoms with Crippen LogP contribution in [0.2, 0.25) is 0 Å². The third-order valence-corrected chi connectivity index (χ3v) is 2.69. The average Bonchev–Trinajstić information content (AvgIpc) is 2.76. The average molecular weight is 214 g/mol. The molecule has 0 unspecified atom stereocenters. The summed E-state index contributed by atoms with van der Waals surface area (Å²) in [6, 6.07) is -0.805. The van der Waals surface area contributed by atoms with Gasteiger partial charge in [0, 0.05) is 0 Å². The molecule has 2 fully saturated rings. The molecule has 0 aliphatic carbocycles. The Morgan fingerprint density at radius 1 is 1.60 bits per heavy atom. The molecule has 2 aliphatic heterocycles. The second-order valence-corrected chi connectivity index (χ2v) is 3.85. The molecular formula is C9H14N2O4. The van der Waals surface area contributed by atoms with Crippen molar-refractivity contribution in [1.29, 1.82) is 0 Å². The summed E-state index contributed by atoms with van der Waals surface area (Å²) in [7, 11) is 0. The lowest BCUT2D eigenvalue weighted by Gasteiger charge is -2.16. The largest absolute Gasteiger partial charge is 0.434 e. The highest BCUT2D eigenvalue weighted by Crippen LogP contribution is 2.13. The van der Waals surface area contributed by atoms with Crippen LogP contribution in [0.3, 0.4) is 0 Å². The summed E-state index contributed by atoms with van der Waals surface area (Å²) < 4.78 is 4.52. The van der Waals surface area contributed by atoms with E-state index in [1.165, 1.54) is 0 Å². The molecule has 0 aromatic carbocycles. The van der Waals surface area contributed by atoms with E-state index < -0.39 is 18.3 Å². The molecule has 0 aromatic rings. The molecule has 0 radical (unpaired) electrons. The van der Waals surface area contributed by atoms with Crippen molar-refractivity contribution in [3.8, 4) is 0 Å². The van der Waals surface area contributed by atoms with Crippen molar-refractivity contribution in [2.24, 2.45) is 0 Å². The minimum Gasteiger partial charge on any atom is -0.434 e. The molecule has 0 bridgehead atoms. The van der Waals surface area contributed by atoms with Crippen molar-refractivity contribution in [1.82, 2.24) is 10.6 Å². The van der Waals surface area contributed by atoms with Crippen LogP contribution in [-0.4, -0.2) is 41.9 Å². The van der Waals surface area contributed by atoms with E-state index in [1.54, 1.807) is 0 Å². The number of amides is 1. The molecule has 3 atom stereocenters. The molecule has 2 aliphatic rings. The van der Waals surface area contributed by atoms with Crippen molar-refractivity contribution in [3.05, 3.63) is 0 Å². The highest BCUT2D eigenvalue weighted by atomic mass is 16.6. The number of aliphatic hydroxyl groups is 1. The van der Waals surface area contributed by atoms with Gasteiger partial charge >= 0.3 is 5.97 Å². The summed E-state index contributed by atoms with van der Waals surface area (Å²) in [5.41, 5.74) is 0. The number of esters is 1. The molecule has 2 heterocycles. The van der Waals surface area contributed by atoms with E-state index in [1.807, 2.05) is 0 Å². The zero-order valence-electron chi connectivity index (χ0n) is 8.23. The van der Waals surface area contributed by atoms with Crippen LogP contribution in [0.15, 0.2) is 0 Å². The van der Waals surface area contributed by atoms with Crippen LogP contribution in [0.5, 0.6) is 0 Å². The van der Waals surface area contributed by atoms with Crippen LogP contribution >= 0.6 is 0 Å². The van der Waals surface area contributed by atoms with Crippen LogP contribution in [0.25, 0.3) is 0 Å². The fourth-order valence-corrected chi connectivity index (χ4v) is 1.86. The summed E-state index contributed by atoms with van der Waals surface area (Å²) in [4.78, 5) is 22.4. The van der Waals surface area contributed by atoms with Gasteiger partial charge < -0.3 is 20.5 Å². The first-order valence-corrected chi connectivity index (χ1v) is 5.08. The maximum atomic E-state index is 11.6. The summed E-state index contributed by atoms with van der Waals surface area (Å²) >= 11 is 0. The summed E-state index contributed by atoms with van der Waals surface area (Å²) in [5, 5.41) is 14.9. The minimum absolute atomic E-state index is 0.0413. The van der Waals surface area contributed by atoms with Crippen molar-refractivity contribution >= 4 is 11.9 Å². The number of carbonyl (C=O) groups excluding carboxylic acids is 2. The third-order valence-electron chi connectivity index (χ3n) is 2.69. The lowest BCUT2D eigenvalue weighted by Crippen LogP contribution is -2.47. The highest BCUT2D eigenvalue weighted by molar-refractivity contribution is 5.83. The van der Waals surface area contributed by atoms with Gasteiger partial charge in [-0.1, -0.05) is 0 Å². The number of aliphatic hydroxyl groups excluding tert-OH is 1. The Morgan fingerprint density at radius 2 is 2.40 bits per heavy atom. The van der Waals surface area contributed by atoms with E-state index in [9.17, 15) is 14.7 Å². The lowest BCUT2D eigenvalue weighted by molar-refractivity contribution is -0.155. The first kappa shape index (κ1) is 10.4. The zero-order valence-corrected chi connectivity index (χ0v) is 8.23. The topological polar surface area (TPSA) is 87.7 Å². The van der Waals surface area contributed by atoms with Gasteiger partial charge in [-0.05, 0) is 19.4 Å². The molecular weight excluding hydrogens is 200 g/mol. The van der Waals surface area contributed by atoms with Gasteiger partial charge in [-0.15, -0.1) is 0 Å². The first-order chi connectivity index (χ1) is 7.16. The standard InChI is InChI=1S/C9H14N2O4/c12-7-4-6(9(14)15-7)11-8(13)5-2-1-3-10-5/h5-6,9-10,14H,1-4H2,(H,11,13)/t5-,6-,9+/m0/s1. The van der Waals surface area contributed by atoms with Crippen molar-refractivity contribution in [2.45, 2.75) is 37.6 Å². The molecule has 1 amide bonds. The molecule has 3 N–H and O–H groups in total. The van der Waals surface area contributed by atoms with E-state index in [0.29, 0.717) is 0 Å². The molecule has 0 spiro atoms.